The van der Waals surface area contributed by atoms with Crippen molar-refractivity contribution in [1.29, 1.82) is 0 Å². The first kappa shape index (κ1) is 19.3. The van der Waals surface area contributed by atoms with Crippen LogP contribution in [0.1, 0.15) is 76.8 Å². The van der Waals surface area contributed by atoms with Crippen molar-refractivity contribution in [2.75, 3.05) is 6.54 Å². The van der Waals surface area contributed by atoms with Crippen LogP contribution in [0.3, 0.4) is 0 Å². The molecule has 2 unspecified atom stereocenters. The summed E-state index contributed by atoms with van der Waals surface area (Å²) in [5.74, 6) is 2.61. The number of piperidine rings is 1. The van der Waals surface area contributed by atoms with Gasteiger partial charge in [-0.3, -0.25) is 9.78 Å². The molecule has 0 aromatic carbocycles. The predicted octanol–water partition coefficient (Wildman–Crippen LogP) is 5.64. The van der Waals surface area contributed by atoms with Gasteiger partial charge in [-0.2, -0.15) is 0 Å². The summed E-state index contributed by atoms with van der Waals surface area (Å²) in [7, 11) is 0. The molecule has 2 heterocycles. The maximum Gasteiger partial charge on any atom is 0.219 e. The fourth-order valence-electron chi connectivity index (χ4n) is 8.18. The predicted molar refractivity (Wildman–Crippen MR) is 117 cm³/mol. The minimum absolute atomic E-state index is 0.286. The number of amides is 1. The Morgan fingerprint density at radius 1 is 1.14 bits per heavy atom. The van der Waals surface area contributed by atoms with E-state index in [0.717, 1.165) is 24.3 Å². The first-order chi connectivity index (χ1) is 13.8. The molecular formula is C26H36N2O. The molecule has 3 heteroatoms. The van der Waals surface area contributed by atoms with Gasteiger partial charge in [0.1, 0.15) is 0 Å². The fraction of sp³-hybridized carbons (Fsp3) is 0.692. The van der Waals surface area contributed by atoms with Crippen molar-refractivity contribution in [1.82, 2.24) is 9.88 Å². The summed E-state index contributed by atoms with van der Waals surface area (Å²) in [4.78, 5) is 19.0. The molecule has 1 aromatic heterocycles. The van der Waals surface area contributed by atoms with Crippen LogP contribution >= 0.6 is 0 Å². The third-order valence-electron chi connectivity index (χ3n) is 9.48. The van der Waals surface area contributed by atoms with Crippen LogP contribution in [0.15, 0.2) is 24.5 Å². The van der Waals surface area contributed by atoms with Gasteiger partial charge in [-0.1, -0.05) is 19.9 Å². The number of aromatic nitrogens is 1. The third kappa shape index (κ3) is 2.75. The van der Waals surface area contributed by atoms with E-state index in [4.69, 9.17) is 0 Å². The summed E-state index contributed by atoms with van der Waals surface area (Å²) in [5.41, 5.74) is 4.74. The summed E-state index contributed by atoms with van der Waals surface area (Å²) >= 11 is 0. The normalized spacial score (nSPS) is 41.2. The zero-order valence-electron chi connectivity index (χ0n) is 18.6. The maximum absolute atomic E-state index is 12.3. The van der Waals surface area contributed by atoms with Gasteiger partial charge >= 0.3 is 0 Å². The number of hydrogen-bond acceptors (Lipinski definition) is 2. The van der Waals surface area contributed by atoms with E-state index in [0.29, 0.717) is 11.5 Å². The molecule has 0 bridgehead atoms. The Morgan fingerprint density at radius 3 is 2.72 bits per heavy atom. The third-order valence-corrected chi connectivity index (χ3v) is 9.48. The quantitative estimate of drug-likeness (QED) is 0.620. The van der Waals surface area contributed by atoms with E-state index in [1.54, 1.807) is 12.5 Å². The zero-order valence-corrected chi connectivity index (χ0v) is 18.6. The first-order valence-electron chi connectivity index (χ1n) is 11.7. The van der Waals surface area contributed by atoms with Gasteiger partial charge in [0.15, 0.2) is 0 Å². The molecular weight excluding hydrogens is 356 g/mol. The lowest BCUT2D eigenvalue weighted by Crippen LogP contribution is -2.61. The molecule has 3 aliphatic carbocycles. The van der Waals surface area contributed by atoms with Crippen molar-refractivity contribution in [2.24, 2.45) is 28.6 Å². The zero-order chi connectivity index (χ0) is 20.4. The molecule has 1 aromatic rings. The van der Waals surface area contributed by atoms with E-state index in [1.807, 2.05) is 6.20 Å². The van der Waals surface area contributed by atoms with E-state index in [-0.39, 0.29) is 11.3 Å². The average Bonchev–Trinajstić information content (AvgIpc) is 3.04. The number of aryl methyl sites for hydroxylation is 1. The van der Waals surface area contributed by atoms with Gasteiger partial charge in [0.25, 0.3) is 0 Å². The van der Waals surface area contributed by atoms with Crippen molar-refractivity contribution in [3.63, 3.8) is 0 Å². The second-order valence-electron chi connectivity index (χ2n) is 10.9. The molecule has 0 spiro atoms. The van der Waals surface area contributed by atoms with Gasteiger partial charge in [-0.15, -0.1) is 0 Å². The van der Waals surface area contributed by atoms with Crippen molar-refractivity contribution < 1.29 is 4.79 Å². The van der Waals surface area contributed by atoms with E-state index in [9.17, 15) is 4.79 Å². The highest BCUT2D eigenvalue weighted by Gasteiger charge is 2.59. The molecule has 29 heavy (non-hydrogen) atoms. The monoisotopic (exact) mass is 392 g/mol. The van der Waals surface area contributed by atoms with Crippen LogP contribution in [0.2, 0.25) is 0 Å². The second kappa shape index (κ2) is 6.68. The lowest BCUT2D eigenvalue weighted by atomic mass is 9.46. The molecule has 3 nitrogen and oxygen atoms in total. The summed E-state index contributed by atoms with van der Waals surface area (Å²) < 4.78 is 0. The SMILES string of the molecule is CC(=O)N1CCC[C@]2(C)C3CC[C@]4(C)C(c5cncc(C)c5)=CC[C@H]4[C@@H]3CCC12. The van der Waals surface area contributed by atoms with Gasteiger partial charge in [0.2, 0.25) is 5.91 Å². The maximum atomic E-state index is 12.3. The smallest absolute Gasteiger partial charge is 0.219 e. The van der Waals surface area contributed by atoms with Crippen LogP contribution in [-0.4, -0.2) is 28.4 Å². The summed E-state index contributed by atoms with van der Waals surface area (Å²) in [6.45, 7) is 9.96. The standard InChI is InChI=1S/C26H36N2O/c1-17-14-19(16-27-15-17)21-7-8-22-20-6-9-24-26(4,11-5-13-28(24)18(2)29)23(20)10-12-25(21,22)3/h7,14-16,20,22-24H,5-6,8-13H2,1-4H3/t20-,22-,23?,24?,25+,26+/m0/s1. The molecule has 6 atom stereocenters. The van der Waals surface area contributed by atoms with Crippen LogP contribution < -0.4 is 0 Å². The van der Waals surface area contributed by atoms with Gasteiger partial charge in [-0.05, 0) is 103 Å². The van der Waals surface area contributed by atoms with Crippen LogP contribution in [-0.2, 0) is 4.79 Å². The lowest BCUT2D eigenvalue weighted by molar-refractivity contribution is -0.151. The summed E-state index contributed by atoms with van der Waals surface area (Å²) in [6.07, 6.45) is 15.4. The van der Waals surface area contributed by atoms with Crippen molar-refractivity contribution in [3.05, 3.63) is 35.7 Å². The molecule has 1 aliphatic heterocycles. The van der Waals surface area contributed by atoms with E-state index >= 15 is 0 Å². The number of rotatable bonds is 1. The van der Waals surface area contributed by atoms with Crippen LogP contribution in [0.5, 0.6) is 0 Å². The minimum Gasteiger partial charge on any atom is -0.339 e. The number of fused-ring (bicyclic) bond motifs is 5. The number of nitrogens with zero attached hydrogens (tertiary/aromatic N) is 2. The molecule has 3 fully saturated rings. The number of hydrogen-bond donors (Lipinski definition) is 0. The average molecular weight is 393 g/mol. The number of carbonyl (C=O) groups is 1. The first-order valence-corrected chi connectivity index (χ1v) is 11.7. The number of allylic oxidation sites excluding steroid dienone is 2. The van der Waals surface area contributed by atoms with Crippen LogP contribution in [0.4, 0.5) is 0 Å². The molecule has 156 valence electrons. The van der Waals surface area contributed by atoms with Gasteiger partial charge < -0.3 is 4.90 Å². The van der Waals surface area contributed by atoms with Crippen molar-refractivity contribution >= 4 is 11.5 Å². The number of pyridine rings is 1. The highest BCUT2D eigenvalue weighted by molar-refractivity contribution is 5.74. The van der Waals surface area contributed by atoms with Gasteiger partial charge in [0.05, 0.1) is 0 Å². The number of carbonyl (C=O) groups excluding carboxylic acids is 1. The Morgan fingerprint density at radius 2 is 1.97 bits per heavy atom. The Balaban J connectivity index is 1.45. The summed E-state index contributed by atoms with van der Waals surface area (Å²) in [5, 5.41) is 0. The molecule has 1 saturated heterocycles. The Bertz CT molecular complexity index is 860. The fourth-order valence-corrected chi connectivity index (χ4v) is 8.18. The topological polar surface area (TPSA) is 33.2 Å². The van der Waals surface area contributed by atoms with Gasteiger partial charge in [-0.25, -0.2) is 0 Å². The van der Waals surface area contributed by atoms with Crippen molar-refractivity contribution in [3.8, 4) is 0 Å². The number of likely N-dealkylation sites (tertiary alicyclic amines) is 1. The largest absolute Gasteiger partial charge is 0.339 e. The van der Waals surface area contributed by atoms with E-state index < -0.39 is 0 Å². The van der Waals surface area contributed by atoms with Crippen molar-refractivity contribution in [2.45, 2.75) is 78.7 Å². The Labute approximate surface area is 176 Å². The minimum atomic E-state index is 0.286. The Kier molecular flexibility index (Phi) is 4.46. The molecule has 0 radical (unpaired) electrons. The molecule has 4 aliphatic rings. The van der Waals surface area contributed by atoms with Crippen LogP contribution in [0, 0.1) is 35.5 Å². The lowest BCUT2D eigenvalue weighted by Gasteiger charge is -2.62. The molecule has 5 rings (SSSR count). The summed E-state index contributed by atoms with van der Waals surface area (Å²) in [6, 6.07) is 2.79. The van der Waals surface area contributed by atoms with Gasteiger partial charge in [0, 0.05) is 31.9 Å². The highest BCUT2D eigenvalue weighted by Crippen LogP contribution is 2.66. The molecule has 0 N–H and O–H groups in total. The van der Waals surface area contributed by atoms with E-state index in [1.165, 1.54) is 56.1 Å². The highest BCUT2D eigenvalue weighted by atomic mass is 16.2. The Hall–Kier alpha value is -1.64. The molecule has 2 saturated carbocycles. The second-order valence-corrected chi connectivity index (χ2v) is 10.9. The molecule has 1 amide bonds. The van der Waals surface area contributed by atoms with Crippen LogP contribution in [0.25, 0.3) is 5.57 Å². The van der Waals surface area contributed by atoms with E-state index in [2.05, 4.69) is 49.0 Å².